The summed E-state index contributed by atoms with van der Waals surface area (Å²) < 4.78 is 12.5. The Morgan fingerprint density at radius 1 is 0.833 bits per heavy atom. The number of alkyl carbamates (subject to hydrolysis) is 1. The minimum absolute atomic E-state index is 0.117. The monoisotopic (exact) mass is 469 g/mol. The molecule has 154 valence electrons. The van der Waals surface area contributed by atoms with E-state index in [2.05, 4.69) is 17.4 Å². The molecule has 1 N–H and O–H groups in total. The Morgan fingerprint density at radius 2 is 1.43 bits per heavy atom. The van der Waals surface area contributed by atoms with E-state index in [4.69, 9.17) is 9.47 Å². The van der Waals surface area contributed by atoms with E-state index in [0.29, 0.717) is 17.5 Å². The first-order chi connectivity index (χ1) is 14.7. The molecular weight excluding hydrogens is 445 g/mol. The van der Waals surface area contributed by atoms with E-state index in [1.807, 2.05) is 48.5 Å². The molecule has 0 aliphatic rings. The number of hydrogen-bond acceptors (Lipinski definition) is 4. The number of hydrogen-bond donors (Lipinski definition) is 1. The predicted molar refractivity (Wildman–Crippen MR) is 117 cm³/mol. The SMILES string of the molecule is O=C(NC(=O)c1ccccc1)O[C@@H](COCc1ccccc1)C[Se]c1ccccc1. The van der Waals surface area contributed by atoms with Gasteiger partial charge in [-0.05, 0) is 0 Å². The van der Waals surface area contributed by atoms with Gasteiger partial charge in [-0.3, -0.25) is 0 Å². The normalized spacial score (nSPS) is 11.5. The first kappa shape index (κ1) is 21.8. The van der Waals surface area contributed by atoms with Crippen LogP contribution in [0.5, 0.6) is 0 Å². The number of carbonyl (C=O) groups is 2. The molecule has 0 fully saturated rings. The average Bonchev–Trinajstić information content (AvgIpc) is 2.79. The van der Waals surface area contributed by atoms with Crippen LogP contribution in [0.2, 0.25) is 5.32 Å². The number of ether oxygens (including phenoxy) is 2. The van der Waals surface area contributed by atoms with Crippen LogP contribution in [0.1, 0.15) is 15.9 Å². The van der Waals surface area contributed by atoms with E-state index >= 15 is 0 Å². The first-order valence-corrected chi connectivity index (χ1v) is 11.6. The van der Waals surface area contributed by atoms with Gasteiger partial charge in [0.1, 0.15) is 0 Å². The molecule has 0 heterocycles. The van der Waals surface area contributed by atoms with Crippen LogP contribution in [0.3, 0.4) is 0 Å². The van der Waals surface area contributed by atoms with Gasteiger partial charge in [-0.1, -0.05) is 0 Å². The summed E-state index contributed by atoms with van der Waals surface area (Å²) in [4.78, 5) is 24.5. The van der Waals surface area contributed by atoms with Crippen molar-refractivity contribution in [2.75, 3.05) is 6.61 Å². The van der Waals surface area contributed by atoms with E-state index in [9.17, 15) is 9.59 Å². The molecule has 5 nitrogen and oxygen atoms in total. The number of amides is 2. The minimum atomic E-state index is -0.763. The Bertz CT molecular complexity index is 920. The second-order valence-electron chi connectivity index (χ2n) is 6.47. The van der Waals surface area contributed by atoms with Crippen LogP contribution in [0.4, 0.5) is 4.79 Å². The van der Waals surface area contributed by atoms with Crippen LogP contribution in [-0.4, -0.2) is 39.7 Å². The van der Waals surface area contributed by atoms with Crippen LogP contribution in [0.25, 0.3) is 0 Å². The molecule has 3 aromatic rings. The van der Waals surface area contributed by atoms with Crippen molar-refractivity contribution in [1.29, 1.82) is 0 Å². The molecule has 6 heteroatoms. The van der Waals surface area contributed by atoms with Crippen LogP contribution < -0.4 is 9.78 Å². The molecule has 0 radical (unpaired) electrons. The number of nitrogens with one attached hydrogen (secondary N) is 1. The molecule has 0 aliphatic heterocycles. The van der Waals surface area contributed by atoms with Gasteiger partial charge in [0.25, 0.3) is 0 Å². The summed E-state index contributed by atoms with van der Waals surface area (Å²) >= 11 is 0.117. The van der Waals surface area contributed by atoms with Crippen molar-refractivity contribution in [2.24, 2.45) is 0 Å². The topological polar surface area (TPSA) is 64.6 Å². The van der Waals surface area contributed by atoms with Gasteiger partial charge < -0.3 is 0 Å². The van der Waals surface area contributed by atoms with Gasteiger partial charge in [-0.25, -0.2) is 0 Å². The Morgan fingerprint density at radius 3 is 2.10 bits per heavy atom. The van der Waals surface area contributed by atoms with Crippen molar-refractivity contribution in [3.63, 3.8) is 0 Å². The van der Waals surface area contributed by atoms with Gasteiger partial charge in [0.05, 0.1) is 0 Å². The zero-order chi connectivity index (χ0) is 21.0. The second-order valence-corrected chi connectivity index (χ2v) is 8.77. The molecular formula is C24H23NO4Se. The molecule has 1 atom stereocenters. The number of carbonyl (C=O) groups excluding carboxylic acids is 2. The van der Waals surface area contributed by atoms with Crippen LogP contribution >= 0.6 is 0 Å². The first-order valence-electron chi connectivity index (χ1n) is 9.57. The molecule has 0 unspecified atom stereocenters. The zero-order valence-electron chi connectivity index (χ0n) is 16.4. The van der Waals surface area contributed by atoms with Crippen LogP contribution in [0, 0.1) is 0 Å². The van der Waals surface area contributed by atoms with Crippen LogP contribution in [-0.2, 0) is 16.1 Å². The fraction of sp³-hybridized carbons (Fsp3) is 0.167. The number of rotatable bonds is 9. The summed E-state index contributed by atoms with van der Waals surface area (Å²) in [5, 5.41) is 2.94. The van der Waals surface area contributed by atoms with Crippen molar-refractivity contribution < 1.29 is 19.1 Å². The van der Waals surface area contributed by atoms with E-state index in [0.717, 1.165) is 5.56 Å². The standard InChI is InChI=1S/C24H23NO4Se/c26-23(20-12-6-2-7-13-20)25-24(27)29-21(18-30-22-14-8-3-9-15-22)17-28-16-19-10-4-1-5-11-19/h1-15,21H,16-18H2,(H,25,26,27)/t21-/m0/s1. The summed E-state index contributed by atoms with van der Waals surface area (Å²) in [6.07, 6.45) is -1.21. The van der Waals surface area contributed by atoms with Gasteiger partial charge in [0.2, 0.25) is 0 Å². The van der Waals surface area contributed by atoms with Gasteiger partial charge in [-0.15, -0.1) is 0 Å². The van der Waals surface area contributed by atoms with E-state index < -0.39 is 18.1 Å². The molecule has 3 rings (SSSR count). The predicted octanol–water partition coefficient (Wildman–Crippen LogP) is 3.59. The molecule has 0 aliphatic carbocycles. The number of benzene rings is 3. The summed E-state index contributed by atoms with van der Waals surface area (Å²) in [5.74, 6) is -0.488. The van der Waals surface area contributed by atoms with Crippen LogP contribution in [0.15, 0.2) is 91.0 Å². The molecule has 2 amide bonds. The fourth-order valence-corrected chi connectivity index (χ4v) is 4.51. The van der Waals surface area contributed by atoms with Gasteiger partial charge in [0, 0.05) is 0 Å². The van der Waals surface area contributed by atoms with Crippen molar-refractivity contribution in [2.45, 2.75) is 18.0 Å². The Kier molecular flexibility index (Phi) is 8.66. The summed E-state index contributed by atoms with van der Waals surface area (Å²) in [7, 11) is 0. The molecule has 0 saturated heterocycles. The molecule has 0 spiro atoms. The summed E-state index contributed by atoms with van der Waals surface area (Å²) in [5.41, 5.74) is 1.45. The number of imide groups is 1. The summed E-state index contributed by atoms with van der Waals surface area (Å²) in [6, 6.07) is 28.4. The van der Waals surface area contributed by atoms with E-state index in [1.54, 1.807) is 30.3 Å². The second kappa shape index (κ2) is 11.9. The summed E-state index contributed by atoms with van der Waals surface area (Å²) in [6.45, 7) is 0.694. The van der Waals surface area contributed by atoms with Gasteiger partial charge in [-0.2, -0.15) is 0 Å². The van der Waals surface area contributed by atoms with E-state index in [1.165, 1.54) is 4.46 Å². The third kappa shape index (κ3) is 7.48. The Balaban J connectivity index is 1.54. The third-order valence-corrected chi connectivity index (χ3v) is 6.52. The van der Waals surface area contributed by atoms with Crippen molar-refractivity contribution in [3.8, 4) is 0 Å². The van der Waals surface area contributed by atoms with Crippen molar-refractivity contribution >= 4 is 31.4 Å². The van der Waals surface area contributed by atoms with Crippen molar-refractivity contribution in [3.05, 3.63) is 102 Å². The quantitative estimate of drug-likeness (QED) is 0.488. The average molecular weight is 468 g/mol. The molecule has 0 bridgehead atoms. The fourth-order valence-electron chi connectivity index (χ4n) is 2.64. The molecule has 0 saturated carbocycles. The zero-order valence-corrected chi connectivity index (χ0v) is 18.1. The van der Waals surface area contributed by atoms with Gasteiger partial charge >= 0.3 is 183 Å². The molecule has 3 aromatic carbocycles. The molecule has 30 heavy (non-hydrogen) atoms. The Hall–Kier alpha value is -2.92. The van der Waals surface area contributed by atoms with Crippen molar-refractivity contribution in [1.82, 2.24) is 5.32 Å². The third-order valence-electron chi connectivity index (χ3n) is 4.12. The maximum absolute atomic E-state index is 12.3. The van der Waals surface area contributed by atoms with E-state index in [-0.39, 0.29) is 21.6 Å². The maximum atomic E-state index is 12.3. The van der Waals surface area contributed by atoms with Gasteiger partial charge in [0.15, 0.2) is 0 Å². The Labute approximate surface area is 182 Å². The molecule has 0 aromatic heterocycles.